The minimum atomic E-state index is -0.790. The van der Waals surface area contributed by atoms with Gasteiger partial charge in [-0.3, -0.25) is 0 Å². The average molecular weight is 220 g/mol. The van der Waals surface area contributed by atoms with E-state index in [4.69, 9.17) is 5.73 Å². The van der Waals surface area contributed by atoms with Crippen LogP contribution in [-0.2, 0) is 0 Å². The molecule has 1 aromatic heterocycles. The summed E-state index contributed by atoms with van der Waals surface area (Å²) in [5, 5.41) is 14.7. The Labute approximate surface area is 89.9 Å². The van der Waals surface area contributed by atoms with Crippen molar-refractivity contribution in [3.63, 3.8) is 0 Å². The van der Waals surface area contributed by atoms with Gasteiger partial charge in [0.05, 0.1) is 0 Å². The van der Waals surface area contributed by atoms with Crippen LogP contribution in [0.2, 0.25) is 0 Å². The maximum Gasteiger partial charge on any atom is 0.193 e. The van der Waals surface area contributed by atoms with Gasteiger partial charge in [-0.1, -0.05) is 0 Å². The zero-order valence-corrected chi connectivity index (χ0v) is 8.48. The minimum Gasteiger partial charge on any atom is -0.399 e. The van der Waals surface area contributed by atoms with Crippen molar-refractivity contribution in [1.82, 2.24) is 14.8 Å². The highest BCUT2D eigenvalue weighted by Gasteiger charge is 2.25. The molecule has 2 heterocycles. The molecule has 0 spiro atoms. The Morgan fingerprint density at radius 3 is 3.20 bits per heavy atom. The van der Waals surface area contributed by atoms with Gasteiger partial charge in [0.25, 0.3) is 0 Å². The van der Waals surface area contributed by atoms with Gasteiger partial charge in [-0.2, -0.15) is 5.10 Å². The van der Waals surface area contributed by atoms with Crippen LogP contribution >= 0.6 is 11.8 Å². The molecular formula is C9H8N4OS. The van der Waals surface area contributed by atoms with Gasteiger partial charge < -0.3 is 10.8 Å². The van der Waals surface area contributed by atoms with E-state index in [9.17, 15) is 5.11 Å². The van der Waals surface area contributed by atoms with Gasteiger partial charge in [0.2, 0.25) is 0 Å². The molecule has 15 heavy (non-hydrogen) atoms. The van der Waals surface area contributed by atoms with Gasteiger partial charge in [0, 0.05) is 16.1 Å². The standard InChI is InChI=1S/C9H8N4OS/c10-5-1-2-7-6(3-5)8(14)13-9(15-7)11-4-12-13/h1-4,8,14H,10H2. The number of nitrogen functional groups attached to an aromatic ring is 1. The lowest BCUT2D eigenvalue weighted by atomic mass is 10.2. The number of nitrogens with zero attached hydrogens (tertiary/aromatic N) is 3. The highest BCUT2D eigenvalue weighted by molar-refractivity contribution is 7.99. The largest absolute Gasteiger partial charge is 0.399 e. The van der Waals surface area contributed by atoms with Gasteiger partial charge in [0.1, 0.15) is 6.33 Å². The molecule has 3 N–H and O–H groups in total. The summed E-state index contributed by atoms with van der Waals surface area (Å²) in [5.41, 5.74) is 7.09. The Bertz CT molecular complexity index is 525. The van der Waals surface area contributed by atoms with E-state index in [0.717, 1.165) is 10.5 Å². The van der Waals surface area contributed by atoms with E-state index in [2.05, 4.69) is 10.1 Å². The maximum atomic E-state index is 10.0. The topological polar surface area (TPSA) is 77.0 Å². The molecule has 0 saturated carbocycles. The summed E-state index contributed by atoms with van der Waals surface area (Å²) in [4.78, 5) is 5.02. The maximum absolute atomic E-state index is 10.0. The Kier molecular flexibility index (Phi) is 1.74. The summed E-state index contributed by atoms with van der Waals surface area (Å²) in [6.45, 7) is 0. The summed E-state index contributed by atoms with van der Waals surface area (Å²) < 4.78 is 1.48. The summed E-state index contributed by atoms with van der Waals surface area (Å²) in [7, 11) is 0. The molecule has 0 fully saturated rings. The molecule has 2 aromatic rings. The number of nitrogens with two attached hydrogens (primary N) is 1. The molecule has 0 aliphatic carbocycles. The van der Waals surface area contributed by atoms with Gasteiger partial charge in [-0.05, 0) is 30.0 Å². The monoisotopic (exact) mass is 220 g/mol. The highest BCUT2D eigenvalue weighted by atomic mass is 32.2. The van der Waals surface area contributed by atoms with Gasteiger partial charge in [-0.25, -0.2) is 9.67 Å². The first-order valence-electron chi connectivity index (χ1n) is 4.40. The van der Waals surface area contributed by atoms with Crippen molar-refractivity contribution in [3.05, 3.63) is 30.1 Å². The van der Waals surface area contributed by atoms with Crippen LogP contribution in [-0.4, -0.2) is 19.9 Å². The second-order valence-corrected chi connectivity index (χ2v) is 4.27. The number of fused-ring (bicyclic) bond motifs is 2. The van der Waals surface area contributed by atoms with Crippen molar-refractivity contribution in [2.24, 2.45) is 0 Å². The molecule has 1 aromatic carbocycles. The van der Waals surface area contributed by atoms with Crippen LogP contribution in [0.1, 0.15) is 11.8 Å². The molecule has 3 rings (SSSR count). The predicted octanol–water partition coefficient (Wildman–Crippen LogP) is 0.864. The second-order valence-electron chi connectivity index (χ2n) is 3.26. The quantitative estimate of drug-likeness (QED) is 0.644. The molecule has 76 valence electrons. The third-order valence-electron chi connectivity index (χ3n) is 2.29. The molecule has 1 unspecified atom stereocenters. The van der Waals surface area contributed by atoms with Crippen LogP contribution in [0.15, 0.2) is 34.6 Å². The fraction of sp³-hybridized carbons (Fsp3) is 0.111. The number of rotatable bonds is 0. The molecule has 0 amide bonds. The Balaban J connectivity index is 2.19. The van der Waals surface area contributed by atoms with Crippen molar-refractivity contribution >= 4 is 17.4 Å². The van der Waals surface area contributed by atoms with Crippen molar-refractivity contribution < 1.29 is 5.11 Å². The number of hydrogen-bond acceptors (Lipinski definition) is 5. The predicted molar refractivity (Wildman–Crippen MR) is 55.4 cm³/mol. The van der Waals surface area contributed by atoms with E-state index in [1.165, 1.54) is 22.8 Å². The summed E-state index contributed by atoms with van der Waals surface area (Å²) in [6, 6.07) is 5.46. The van der Waals surface area contributed by atoms with Crippen molar-refractivity contribution in [2.45, 2.75) is 16.3 Å². The lowest BCUT2D eigenvalue weighted by molar-refractivity contribution is 0.116. The van der Waals surface area contributed by atoms with Crippen LogP contribution in [0.5, 0.6) is 0 Å². The first-order valence-corrected chi connectivity index (χ1v) is 5.22. The van der Waals surface area contributed by atoms with Gasteiger partial charge in [0.15, 0.2) is 11.4 Å². The number of aromatic nitrogens is 3. The summed E-state index contributed by atoms with van der Waals surface area (Å²) in [6.07, 6.45) is 0.642. The minimum absolute atomic E-state index is 0.636. The van der Waals surface area contributed by atoms with Gasteiger partial charge >= 0.3 is 0 Å². The van der Waals surface area contributed by atoms with E-state index in [-0.39, 0.29) is 0 Å². The zero-order valence-electron chi connectivity index (χ0n) is 7.66. The number of aliphatic hydroxyl groups is 1. The van der Waals surface area contributed by atoms with E-state index in [1.807, 2.05) is 12.1 Å². The fourth-order valence-corrected chi connectivity index (χ4v) is 2.53. The van der Waals surface area contributed by atoms with Crippen molar-refractivity contribution in [3.8, 4) is 0 Å². The number of aliphatic hydroxyl groups excluding tert-OH is 1. The molecule has 5 nitrogen and oxygen atoms in total. The molecule has 1 aliphatic heterocycles. The van der Waals surface area contributed by atoms with Gasteiger partial charge in [-0.15, -0.1) is 0 Å². The highest BCUT2D eigenvalue weighted by Crippen LogP contribution is 2.39. The molecule has 0 bridgehead atoms. The summed E-state index contributed by atoms with van der Waals surface area (Å²) in [5.74, 6) is 0. The van der Waals surface area contributed by atoms with Crippen LogP contribution in [0.4, 0.5) is 5.69 Å². The van der Waals surface area contributed by atoms with Crippen LogP contribution in [0.25, 0.3) is 0 Å². The molecule has 6 heteroatoms. The van der Waals surface area contributed by atoms with E-state index < -0.39 is 6.23 Å². The third kappa shape index (κ3) is 1.22. The molecule has 1 atom stereocenters. The smallest absolute Gasteiger partial charge is 0.193 e. The second kappa shape index (κ2) is 2.98. The van der Waals surface area contributed by atoms with Crippen LogP contribution < -0.4 is 5.73 Å². The molecule has 0 saturated heterocycles. The van der Waals surface area contributed by atoms with Crippen LogP contribution in [0, 0.1) is 0 Å². The van der Waals surface area contributed by atoms with E-state index >= 15 is 0 Å². The number of hydrogen-bond donors (Lipinski definition) is 2. The third-order valence-corrected chi connectivity index (χ3v) is 3.35. The van der Waals surface area contributed by atoms with E-state index in [0.29, 0.717) is 10.8 Å². The SMILES string of the molecule is Nc1ccc2c(c1)C(O)n1ncnc1S2. The first-order chi connectivity index (χ1) is 7.25. The first kappa shape index (κ1) is 8.75. The number of anilines is 1. The van der Waals surface area contributed by atoms with Crippen molar-refractivity contribution in [2.75, 3.05) is 5.73 Å². The average Bonchev–Trinajstić information content (AvgIpc) is 2.68. The Hall–Kier alpha value is -1.53. The number of benzene rings is 1. The van der Waals surface area contributed by atoms with Crippen molar-refractivity contribution in [1.29, 1.82) is 0 Å². The van der Waals surface area contributed by atoms with Crippen LogP contribution in [0.3, 0.4) is 0 Å². The fourth-order valence-electron chi connectivity index (χ4n) is 1.57. The lowest BCUT2D eigenvalue weighted by Crippen LogP contribution is -2.17. The Morgan fingerprint density at radius 1 is 1.47 bits per heavy atom. The summed E-state index contributed by atoms with van der Waals surface area (Å²) >= 11 is 1.48. The zero-order chi connectivity index (χ0) is 10.4. The van der Waals surface area contributed by atoms with E-state index in [1.54, 1.807) is 6.07 Å². The normalized spacial score (nSPS) is 18.3. The molecule has 0 radical (unpaired) electrons. The molecule has 1 aliphatic rings. The Morgan fingerprint density at radius 2 is 2.33 bits per heavy atom. The lowest BCUT2D eigenvalue weighted by Gasteiger charge is -2.21. The molecular weight excluding hydrogens is 212 g/mol.